The van der Waals surface area contributed by atoms with E-state index >= 15 is 0 Å². The molecule has 0 bridgehead atoms. The molecule has 0 aliphatic heterocycles. The predicted octanol–water partition coefficient (Wildman–Crippen LogP) is 15.1. The van der Waals surface area contributed by atoms with Crippen molar-refractivity contribution in [2.24, 2.45) is 0 Å². The van der Waals surface area contributed by atoms with Crippen molar-refractivity contribution in [1.29, 1.82) is 0 Å². The van der Waals surface area contributed by atoms with Gasteiger partial charge in [0.05, 0.1) is 40.3 Å². The van der Waals surface area contributed by atoms with Crippen molar-refractivity contribution in [1.82, 2.24) is 0 Å². The number of unbranched alkanes of at least 4 members (excludes halogenated alkanes) is 27. The van der Waals surface area contributed by atoms with Crippen LogP contribution in [0.15, 0.2) is 60.8 Å². The minimum Gasteiger partial charge on any atom is -0.545 e. The SMILES string of the molecule is CCC/C=C\C/C=C\CCCCCCCC(=O)OCC(COC(OCC[N+](C)(C)C)C(=O)[O-])OC(=O)CCCCCCCCCCCCCCCCCC/C=C\C/C=C\C/C=C\CCCCCCC. The van der Waals surface area contributed by atoms with Crippen molar-refractivity contribution in [3.05, 3.63) is 60.8 Å². The zero-order valence-corrected chi connectivity index (χ0v) is 45.4. The maximum atomic E-state index is 12.8. The zero-order chi connectivity index (χ0) is 50.6. The van der Waals surface area contributed by atoms with E-state index in [9.17, 15) is 19.5 Å². The molecule has 0 aliphatic carbocycles. The Labute approximate surface area is 425 Å². The van der Waals surface area contributed by atoms with Gasteiger partial charge >= 0.3 is 11.9 Å². The summed E-state index contributed by atoms with van der Waals surface area (Å²) < 4.78 is 22.6. The molecule has 0 saturated heterocycles. The number of esters is 2. The van der Waals surface area contributed by atoms with Crippen molar-refractivity contribution in [2.75, 3.05) is 47.5 Å². The molecule has 0 saturated carbocycles. The van der Waals surface area contributed by atoms with Gasteiger partial charge in [-0.2, -0.15) is 0 Å². The Morgan fingerprint density at radius 2 is 0.812 bits per heavy atom. The largest absolute Gasteiger partial charge is 0.545 e. The first-order valence-electron chi connectivity index (χ1n) is 28.4. The lowest BCUT2D eigenvalue weighted by atomic mass is 10.0. The maximum absolute atomic E-state index is 12.8. The number of aliphatic carboxylic acids is 1. The summed E-state index contributed by atoms with van der Waals surface area (Å²) >= 11 is 0. The minimum atomic E-state index is -1.62. The van der Waals surface area contributed by atoms with Gasteiger partial charge in [-0.25, -0.2) is 0 Å². The van der Waals surface area contributed by atoms with Gasteiger partial charge in [0.1, 0.15) is 13.2 Å². The fourth-order valence-electron chi connectivity index (χ4n) is 7.82. The number of hydrogen-bond donors (Lipinski definition) is 0. The third-order valence-corrected chi connectivity index (χ3v) is 12.2. The molecular formula is C60H107NO8. The molecule has 2 atom stereocenters. The lowest BCUT2D eigenvalue weighted by Gasteiger charge is -2.26. The van der Waals surface area contributed by atoms with Crippen molar-refractivity contribution in [2.45, 2.75) is 257 Å². The first-order chi connectivity index (χ1) is 33.6. The number of allylic oxidation sites excluding steroid dienone is 10. The second kappa shape index (κ2) is 51.3. The highest BCUT2D eigenvalue weighted by Crippen LogP contribution is 2.16. The number of rotatable bonds is 52. The highest BCUT2D eigenvalue weighted by molar-refractivity contribution is 5.70. The third-order valence-electron chi connectivity index (χ3n) is 12.2. The van der Waals surface area contributed by atoms with Gasteiger partial charge < -0.3 is 33.3 Å². The normalized spacial score (nSPS) is 13.2. The molecule has 0 heterocycles. The molecule has 0 rings (SSSR count). The molecule has 2 unspecified atom stereocenters. The molecule has 0 radical (unpaired) electrons. The van der Waals surface area contributed by atoms with Crippen molar-refractivity contribution < 1.29 is 42.9 Å². The quantitative estimate of drug-likeness (QED) is 0.0195. The molecule has 0 aromatic heterocycles. The summed E-state index contributed by atoms with van der Waals surface area (Å²) in [6, 6.07) is 0. The Bertz CT molecular complexity index is 1310. The molecule has 0 aromatic rings. The van der Waals surface area contributed by atoms with Gasteiger partial charge in [0, 0.05) is 12.8 Å². The molecule has 0 aliphatic rings. The van der Waals surface area contributed by atoms with Crippen LogP contribution in [0.1, 0.15) is 245 Å². The van der Waals surface area contributed by atoms with Gasteiger partial charge in [0.15, 0.2) is 12.4 Å². The monoisotopic (exact) mass is 970 g/mol. The summed E-state index contributed by atoms with van der Waals surface area (Å²) in [5, 5.41) is 11.7. The van der Waals surface area contributed by atoms with Crippen molar-refractivity contribution in [3.63, 3.8) is 0 Å². The van der Waals surface area contributed by atoms with Crippen molar-refractivity contribution >= 4 is 17.9 Å². The summed E-state index contributed by atoms with van der Waals surface area (Å²) in [6.45, 7) is 4.66. The lowest BCUT2D eigenvalue weighted by molar-refractivity contribution is -0.870. The Morgan fingerprint density at radius 1 is 0.435 bits per heavy atom. The molecule has 0 spiro atoms. The van der Waals surface area contributed by atoms with Crippen LogP contribution in [0.5, 0.6) is 0 Å². The number of likely N-dealkylation sites (N-methyl/N-ethyl adjacent to an activating group) is 1. The first kappa shape index (κ1) is 66.0. The Balaban J connectivity index is 4.13. The molecule has 9 heteroatoms. The molecule has 0 aromatic carbocycles. The summed E-state index contributed by atoms with van der Waals surface area (Å²) in [7, 11) is 5.91. The van der Waals surface area contributed by atoms with E-state index in [0.29, 0.717) is 17.4 Å². The van der Waals surface area contributed by atoms with Crippen molar-refractivity contribution in [3.8, 4) is 0 Å². The topological polar surface area (TPSA) is 111 Å². The second-order valence-electron chi connectivity index (χ2n) is 20.2. The Kier molecular flexibility index (Phi) is 49.1. The van der Waals surface area contributed by atoms with E-state index in [0.717, 1.165) is 77.0 Å². The number of carboxylic acids is 1. The minimum absolute atomic E-state index is 0.144. The average molecular weight is 971 g/mol. The van der Waals surface area contributed by atoms with Crippen LogP contribution in [-0.4, -0.2) is 82.3 Å². The Morgan fingerprint density at radius 3 is 1.22 bits per heavy atom. The number of nitrogens with zero attached hydrogens (tertiary/aromatic N) is 1. The second-order valence-corrected chi connectivity index (χ2v) is 20.2. The van der Waals surface area contributed by atoms with E-state index in [1.165, 1.54) is 135 Å². The van der Waals surface area contributed by atoms with E-state index in [-0.39, 0.29) is 38.6 Å². The van der Waals surface area contributed by atoms with Gasteiger partial charge in [-0.3, -0.25) is 9.59 Å². The van der Waals surface area contributed by atoms with Gasteiger partial charge in [-0.15, -0.1) is 0 Å². The number of carboxylic acid groups (broad SMARTS) is 1. The smallest absolute Gasteiger partial charge is 0.306 e. The first-order valence-corrected chi connectivity index (χ1v) is 28.4. The average Bonchev–Trinajstić information content (AvgIpc) is 3.31. The molecule has 9 nitrogen and oxygen atoms in total. The molecule has 0 N–H and O–H groups in total. The number of hydrogen-bond acceptors (Lipinski definition) is 8. The molecule has 0 amide bonds. The van der Waals surface area contributed by atoms with Crippen LogP contribution in [0.2, 0.25) is 0 Å². The van der Waals surface area contributed by atoms with Crippen LogP contribution in [0.4, 0.5) is 0 Å². The number of quaternary nitrogens is 1. The zero-order valence-electron chi connectivity index (χ0n) is 45.4. The van der Waals surface area contributed by atoms with Crippen LogP contribution in [0.25, 0.3) is 0 Å². The van der Waals surface area contributed by atoms with Crippen LogP contribution >= 0.6 is 0 Å². The predicted molar refractivity (Wildman–Crippen MR) is 288 cm³/mol. The summed E-state index contributed by atoms with van der Waals surface area (Å²) in [5.74, 6) is -2.30. The van der Waals surface area contributed by atoms with Crippen LogP contribution in [0.3, 0.4) is 0 Å². The van der Waals surface area contributed by atoms with E-state index in [4.69, 9.17) is 18.9 Å². The molecule has 400 valence electrons. The maximum Gasteiger partial charge on any atom is 0.306 e. The molecular weight excluding hydrogens is 863 g/mol. The number of carbonyl (C=O) groups excluding carboxylic acids is 3. The van der Waals surface area contributed by atoms with Crippen LogP contribution in [-0.2, 0) is 33.3 Å². The summed E-state index contributed by atoms with van der Waals surface area (Å²) in [5.41, 5.74) is 0. The van der Waals surface area contributed by atoms with Gasteiger partial charge in [0.2, 0.25) is 0 Å². The number of ether oxygens (including phenoxy) is 4. The van der Waals surface area contributed by atoms with E-state index < -0.39 is 24.3 Å². The van der Waals surface area contributed by atoms with E-state index in [2.05, 4.69) is 74.6 Å². The highest BCUT2D eigenvalue weighted by atomic mass is 16.7. The van der Waals surface area contributed by atoms with E-state index in [1.54, 1.807) is 0 Å². The third kappa shape index (κ3) is 52.6. The molecule has 0 fully saturated rings. The highest BCUT2D eigenvalue weighted by Gasteiger charge is 2.22. The van der Waals surface area contributed by atoms with Gasteiger partial charge in [0.25, 0.3) is 0 Å². The van der Waals surface area contributed by atoms with Crippen LogP contribution < -0.4 is 5.11 Å². The number of carbonyl (C=O) groups is 3. The van der Waals surface area contributed by atoms with Crippen LogP contribution in [0, 0.1) is 0 Å². The summed E-state index contributed by atoms with van der Waals surface area (Å²) in [4.78, 5) is 37.2. The Hall–Kier alpha value is -3.01. The standard InChI is InChI=1S/C60H107NO8/c1-6-8-10-12-14-16-18-20-21-22-23-24-25-26-27-28-29-30-31-32-33-34-35-36-37-39-41-43-45-47-49-51-58(63)69-56(55-68-60(59(64)65)66-53-52-61(3,4)5)54-67-57(62)50-48-46-44-42-40-38-19-17-15-13-11-9-7-2/h11,13,17-20,22-23,25-26,56,60H,6-10,12,14-16,21,24,27-55H2,1-5H3/b13-11-,19-17-,20-18-,23-22-,26-25-. The fourth-order valence-corrected chi connectivity index (χ4v) is 7.82. The molecule has 69 heavy (non-hydrogen) atoms. The van der Waals surface area contributed by atoms with Gasteiger partial charge in [-0.05, 0) is 77.0 Å². The lowest BCUT2D eigenvalue weighted by Crippen LogP contribution is -2.44. The van der Waals surface area contributed by atoms with Gasteiger partial charge in [-0.1, -0.05) is 216 Å². The fraction of sp³-hybridized carbons (Fsp3) is 0.783. The summed E-state index contributed by atoms with van der Waals surface area (Å²) in [6.07, 6.45) is 61.4. The van der Waals surface area contributed by atoms with E-state index in [1.807, 2.05) is 21.1 Å².